The van der Waals surface area contributed by atoms with E-state index in [1.807, 2.05) is 62.0 Å². The molecule has 2 aromatic rings. The lowest BCUT2D eigenvalue weighted by molar-refractivity contribution is 0.508. The molecule has 3 N–H and O–H groups in total. The SMILES string of the molecule is CC(C)(C)NC(N)=NCc1cnn(-c2ccccc2)c1.I. The average Bonchev–Trinajstić information content (AvgIpc) is 2.84. The predicted molar refractivity (Wildman–Crippen MR) is 97.2 cm³/mol. The molecule has 5 nitrogen and oxygen atoms in total. The minimum absolute atomic E-state index is 0. The molecular formula is C15H22IN5. The lowest BCUT2D eigenvalue weighted by Gasteiger charge is -2.20. The van der Waals surface area contributed by atoms with Crippen LogP contribution in [-0.4, -0.2) is 21.3 Å². The van der Waals surface area contributed by atoms with Crippen molar-refractivity contribution in [1.29, 1.82) is 0 Å². The Kier molecular flexibility index (Phi) is 6.19. The molecule has 0 spiro atoms. The molecular weight excluding hydrogens is 377 g/mol. The molecule has 21 heavy (non-hydrogen) atoms. The number of nitrogens with zero attached hydrogens (tertiary/aromatic N) is 3. The van der Waals surface area contributed by atoms with E-state index in [-0.39, 0.29) is 29.5 Å². The molecule has 0 aliphatic heterocycles. The van der Waals surface area contributed by atoms with Crippen LogP contribution in [0, 0.1) is 0 Å². The van der Waals surface area contributed by atoms with E-state index in [9.17, 15) is 0 Å². The fourth-order valence-corrected chi connectivity index (χ4v) is 1.76. The summed E-state index contributed by atoms with van der Waals surface area (Å²) in [6.45, 7) is 6.65. The summed E-state index contributed by atoms with van der Waals surface area (Å²) in [6.07, 6.45) is 3.77. The second-order valence-electron chi connectivity index (χ2n) is 5.71. The van der Waals surface area contributed by atoms with Gasteiger partial charge in [0, 0.05) is 17.3 Å². The average molecular weight is 399 g/mol. The summed E-state index contributed by atoms with van der Waals surface area (Å²) in [5, 5.41) is 7.45. The first kappa shape index (κ1) is 17.5. The van der Waals surface area contributed by atoms with Crippen molar-refractivity contribution < 1.29 is 0 Å². The summed E-state index contributed by atoms with van der Waals surface area (Å²) >= 11 is 0. The van der Waals surface area contributed by atoms with Crippen LogP contribution in [0.15, 0.2) is 47.7 Å². The van der Waals surface area contributed by atoms with Crippen LogP contribution in [-0.2, 0) is 6.54 Å². The van der Waals surface area contributed by atoms with Crippen molar-refractivity contribution in [3.05, 3.63) is 48.3 Å². The highest BCUT2D eigenvalue weighted by Crippen LogP contribution is 2.08. The van der Waals surface area contributed by atoms with Gasteiger partial charge in [-0.15, -0.1) is 24.0 Å². The van der Waals surface area contributed by atoms with Crippen molar-refractivity contribution in [2.75, 3.05) is 0 Å². The topological polar surface area (TPSA) is 68.2 Å². The molecule has 0 saturated carbocycles. The van der Waals surface area contributed by atoms with E-state index in [0.717, 1.165) is 11.3 Å². The zero-order valence-corrected chi connectivity index (χ0v) is 14.9. The maximum Gasteiger partial charge on any atom is 0.189 e. The van der Waals surface area contributed by atoms with Gasteiger partial charge in [-0.3, -0.25) is 0 Å². The van der Waals surface area contributed by atoms with Crippen molar-refractivity contribution in [2.24, 2.45) is 10.7 Å². The molecule has 0 aliphatic carbocycles. The van der Waals surface area contributed by atoms with E-state index in [1.54, 1.807) is 6.20 Å². The normalized spacial score (nSPS) is 11.9. The van der Waals surface area contributed by atoms with Gasteiger partial charge < -0.3 is 11.1 Å². The van der Waals surface area contributed by atoms with Crippen LogP contribution in [0.25, 0.3) is 5.69 Å². The molecule has 0 saturated heterocycles. The van der Waals surface area contributed by atoms with Gasteiger partial charge >= 0.3 is 0 Å². The van der Waals surface area contributed by atoms with Crippen LogP contribution in [0.4, 0.5) is 0 Å². The second-order valence-corrected chi connectivity index (χ2v) is 5.71. The van der Waals surface area contributed by atoms with Crippen LogP contribution in [0.5, 0.6) is 0 Å². The number of aromatic nitrogens is 2. The molecule has 0 amide bonds. The Morgan fingerprint density at radius 3 is 2.57 bits per heavy atom. The van der Waals surface area contributed by atoms with Gasteiger partial charge in [-0.05, 0) is 32.9 Å². The van der Waals surface area contributed by atoms with Crippen molar-refractivity contribution in [1.82, 2.24) is 15.1 Å². The quantitative estimate of drug-likeness (QED) is 0.474. The van der Waals surface area contributed by atoms with Gasteiger partial charge in [0.15, 0.2) is 5.96 Å². The predicted octanol–water partition coefficient (Wildman–Crippen LogP) is 2.69. The van der Waals surface area contributed by atoms with E-state index in [0.29, 0.717) is 12.5 Å². The highest BCUT2D eigenvalue weighted by Gasteiger charge is 2.09. The van der Waals surface area contributed by atoms with E-state index in [2.05, 4.69) is 15.4 Å². The van der Waals surface area contributed by atoms with Crippen molar-refractivity contribution in [3.63, 3.8) is 0 Å². The van der Waals surface area contributed by atoms with Gasteiger partial charge in [0.05, 0.1) is 18.4 Å². The summed E-state index contributed by atoms with van der Waals surface area (Å²) in [6, 6.07) is 9.97. The summed E-state index contributed by atoms with van der Waals surface area (Å²) in [5.74, 6) is 0.449. The molecule has 2 rings (SSSR count). The van der Waals surface area contributed by atoms with E-state index in [1.165, 1.54) is 0 Å². The lowest BCUT2D eigenvalue weighted by atomic mass is 10.1. The van der Waals surface area contributed by atoms with Gasteiger partial charge in [-0.2, -0.15) is 5.10 Å². The Labute approximate surface area is 142 Å². The number of hydrogen-bond donors (Lipinski definition) is 2. The fourth-order valence-electron chi connectivity index (χ4n) is 1.76. The smallest absolute Gasteiger partial charge is 0.189 e. The molecule has 1 aromatic heterocycles. The molecule has 0 aliphatic rings. The number of benzene rings is 1. The molecule has 6 heteroatoms. The number of para-hydroxylation sites is 1. The number of halogens is 1. The van der Waals surface area contributed by atoms with E-state index in [4.69, 9.17) is 5.73 Å². The maximum atomic E-state index is 5.84. The monoisotopic (exact) mass is 399 g/mol. The van der Waals surface area contributed by atoms with Crippen LogP contribution in [0.3, 0.4) is 0 Å². The Morgan fingerprint density at radius 2 is 1.95 bits per heavy atom. The van der Waals surface area contributed by atoms with E-state index < -0.39 is 0 Å². The van der Waals surface area contributed by atoms with Gasteiger partial charge in [0.25, 0.3) is 0 Å². The number of hydrogen-bond acceptors (Lipinski definition) is 2. The van der Waals surface area contributed by atoms with Crippen LogP contribution < -0.4 is 11.1 Å². The lowest BCUT2D eigenvalue weighted by Crippen LogP contribution is -2.44. The first-order valence-electron chi connectivity index (χ1n) is 6.61. The highest BCUT2D eigenvalue weighted by atomic mass is 127. The Balaban J connectivity index is 0.00000220. The van der Waals surface area contributed by atoms with Crippen LogP contribution in [0.1, 0.15) is 26.3 Å². The summed E-state index contributed by atoms with van der Waals surface area (Å²) < 4.78 is 1.83. The Hall–Kier alpha value is -1.57. The summed E-state index contributed by atoms with van der Waals surface area (Å²) in [7, 11) is 0. The van der Waals surface area contributed by atoms with Crippen molar-refractivity contribution in [2.45, 2.75) is 32.9 Å². The van der Waals surface area contributed by atoms with Crippen LogP contribution in [0.2, 0.25) is 0 Å². The third kappa shape index (κ3) is 5.74. The summed E-state index contributed by atoms with van der Waals surface area (Å²) in [4.78, 5) is 4.32. The summed E-state index contributed by atoms with van der Waals surface area (Å²) in [5.41, 5.74) is 7.81. The fraction of sp³-hybridized carbons (Fsp3) is 0.333. The third-order valence-electron chi connectivity index (χ3n) is 2.59. The molecule has 1 heterocycles. The standard InChI is InChI=1S/C15H21N5.HI/c1-15(2,3)19-14(16)17-9-12-10-18-20(11-12)13-7-5-4-6-8-13;/h4-8,10-11H,9H2,1-3H3,(H3,16,17,19);1H. The molecule has 0 unspecified atom stereocenters. The first-order chi connectivity index (χ1) is 9.44. The minimum Gasteiger partial charge on any atom is -0.370 e. The first-order valence-corrected chi connectivity index (χ1v) is 6.61. The number of nitrogens with two attached hydrogens (primary N) is 1. The van der Waals surface area contributed by atoms with E-state index >= 15 is 0 Å². The van der Waals surface area contributed by atoms with Crippen molar-refractivity contribution in [3.8, 4) is 5.69 Å². The highest BCUT2D eigenvalue weighted by molar-refractivity contribution is 14.0. The largest absolute Gasteiger partial charge is 0.370 e. The maximum absolute atomic E-state index is 5.84. The van der Waals surface area contributed by atoms with Gasteiger partial charge in [0.1, 0.15) is 0 Å². The van der Waals surface area contributed by atoms with Gasteiger partial charge in [-0.25, -0.2) is 9.67 Å². The molecule has 0 radical (unpaired) electrons. The third-order valence-corrected chi connectivity index (χ3v) is 2.59. The molecule has 1 aromatic carbocycles. The second kappa shape index (κ2) is 7.44. The molecule has 114 valence electrons. The molecule has 0 bridgehead atoms. The van der Waals surface area contributed by atoms with Crippen molar-refractivity contribution >= 4 is 29.9 Å². The zero-order chi connectivity index (χ0) is 14.6. The molecule has 0 fully saturated rings. The Bertz CT molecular complexity index is 584. The Morgan fingerprint density at radius 1 is 1.29 bits per heavy atom. The number of guanidine groups is 1. The number of nitrogens with one attached hydrogen (secondary N) is 1. The zero-order valence-electron chi connectivity index (χ0n) is 12.6. The van der Waals surface area contributed by atoms with Gasteiger partial charge in [0.2, 0.25) is 0 Å². The number of rotatable bonds is 3. The number of aliphatic imine (C=N–C) groups is 1. The minimum atomic E-state index is -0.0815. The van der Waals surface area contributed by atoms with Gasteiger partial charge in [-0.1, -0.05) is 18.2 Å². The molecule has 0 atom stereocenters. The van der Waals surface area contributed by atoms with Crippen LogP contribution >= 0.6 is 24.0 Å².